The van der Waals surface area contributed by atoms with Crippen LogP contribution in [0, 0.1) is 3.57 Å². The molecule has 0 fully saturated rings. The Morgan fingerprint density at radius 2 is 2.05 bits per heavy atom. The van der Waals surface area contributed by atoms with Crippen molar-refractivity contribution in [2.75, 3.05) is 20.0 Å². The molecule has 0 spiro atoms. The van der Waals surface area contributed by atoms with Gasteiger partial charge in [0.25, 0.3) is 0 Å². The molecule has 7 nitrogen and oxygen atoms in total. The number of nitrogens with zero attached hydrogens (tertiary/aromatic N) is 4. The number of rotatable bonds is 4. The fraction of sp³-hybridized carbons (Fsp3) is 0.273. The van der Waals surface area contributed by atoms with Gasteiger partial charge in [-0.05, 0) is 22.6 Å². The fourth-order valence-electron chi connectivity index (χ4n) is 1.43. The lowest BCUT2D eigenvalue weighted by Crippen LogP contribution is -2.06. The van der Waals surface area contributed by atoms with Crippen molar-refractivity contribution < 1.29 is 9.47 Å². The molecule has 0 aliphatic carbocycles. The van der Waals surface area contributed by atoms with E-state index in [0.29, 0.717) is 29.8 Å². The summed E-state index contributed by atoms with van der Waals surface area (Å²) in [6.45, 7) is 0.361. The lowest BCUT2D eigenvalue weighted by molar-refractivity contribution is 0.181. The molecule has 0 radical (unpaired) electrons. The van der Waals surface area contributed by atoms with Crippen LogP contribution in [-0.4, -0.2) is 34.2 Å². The third-order valence-electron chi connectivity index (χ3n) is 2.31. The number of anilines is 1. The number of ether oxygens (including phenoxy) is 2. The number of hydrogen-bond donors (Lipinski definition) is 1. The average Bonchev–Trinajstić information content (AvgIpc) is 2.44. The van der Waals surface area contributed by atoms with Crippen molar-refractivity contribution in [2.24, 2.45) is 0 Å². The Kier molecular flexibility index (Phi) is 4.43. The molecule has 0 bridgehead atoms. The molecule has 2 aromatic heterocycles. The summed E-state index contributed by atoms with van der Waals surface area (Å²) in [6, 6.07) is 1.65. The average molecular weight is 373 g/mol. The summed E-state index contributed by atoms with van der Waals surface area (Å²) in [6.07, 6.45) is 1.39. The molecule has 0 unspecified atom stereocenters. The van der Waals surface area contributed by atoms with E-state index in [1.54, 1.807) is 13.2 Å². The van der Waals surface area contributed by atoms with Gasteiger partial charge in [-0.3, -0.25) is 0 Å². The molecule has 8 heteroatoms. The summed E-state index contributed by atoms with van der Waals surface area (Å²) < 4.78 is 10.9. The topological polar surface area (TPSA) is 96.0 Å². The van der Waals surface area contributed by atoms with Gasteiger partial charge in [-0.1, -0.05) is 0 Å². The lowest BCUT2D eigenvalue weighted by Gasteiger charge is -2.08. The molecular weight excluding hydrogens is 361 g/mol. The molecule has 0 aromatic carbocycles. The second-order valence-electron chi connectivity index (χ2n) is 3.57. The molecule has 0 saturated heterocycles. The van der Waals surface area contributed by atoms with Gasteiger partial charge in [0.05, 0.1) is 23.0 Å². The van der Waals surface area contributed by atoms with Gasteiger partial charge < -0.3 is 15.2 Å². The summed E-state index contributed by atoms with van der Waals surface area (Å²) in [4.78, 5) is 16.7. The van der Waals surface area contributed by atoms with Crippen LogP contribution in [0.25, 0.3) is 11.5 Å². The van der Waals surface area contributed by atoms with Gasteiger partial charge in [0.2, 0.25) is 5.88 Å². The normalized spacial score (nSPS) is 10.5. The van der Waals surface area contributed by atoms with Crippen LogP contribution in [0.15, 0.2) is 12.4 Å². The van der Waals surface area contributed by atoms with E-state index < -0.39 is 0 Å². The third-order valence-corrected chi connectivity index (χ3v) is 3.48. The highest BCUT2D eigenvalue weighted by molar-refractivity contribution is 14.1. The molecule has 0 saturated carbocycles. The third kappa shape index (κ3) is 3.07. The summed E-state index contributed by atoms with van der Waals surface area (Å²) in [7, 11) is 3.13. The van der Waals surface area contributed by atoms with E-state index in [0.717, 1.165) is 9.26 Å². The minimum absolute atomic E-state index is 0.361. The van der Waals surface area contributed by atoms with Crippen molar-refractivity contribution >= 4 is 28.4 Å². The van der Waals surface area contributed by atoms with Gasteiger partial charge in [-0.25, -0.2) is 19.9 Å². The highest BCUT2D eigenvalue weighted by Gasteiger charge is 2.13. The molecule has 2 rings (SSSR count). The van der Waals surface area contributed by atoms with E-state index in [-0.39, 0.29) is 0 Å². The van der Waals surface area contributed by atoms with Crippen molar-refractivity contribution in [3.63, 3.8) is 0 Å². The molecule has 0 atom stereocenters. The van der Waals surface area contributed by atoms with Crippen LogP contribution in [-0.2, 0) is 11.3 Å². The predicted octanol–water partition coefficient (Wildman–Crippen LogP) is 1.28. The second-order valence-corrected chi connectivity index (χ2v) is 4.65. The summed E-state index contributed by atoms with van der Waals surface area (Å²) in [5.74, 6) is 1.26. The largest absolute Gasteiger partial charge is 0.481 e. The Balaban J connectivity index is 2.49. The van der Waals surface area contributed by atoms with E-state index in [4.69, 9.17) is 15.2 Å². The number of nitrogen functional groups attached to an aromatic ring is 1. The van der Waals surface area contributed by atoms with Crippen molar-refractivity contribution in [1.29, 1.82) is 0 Å². The molecular formula is C11H12IN5O2. The van der Waals surface area contributed by atoms with Crippen LogP contribution in [0.2, 0.25) is 0 Å². The first kappa shape index (κ1) is 13.9. The SMILES string of the molecule is COCc1nc(-c2cc(OC)ncn2)nc(N)c1I. The van der Waals surface area contributed by atoms with Crippen LogP contribution in [0.1, 0.15) is 5.69 Å². The van der Waals surface area contributed by atoms with Crippen LogP contribution >= 0.6 is 22.6 Å². The predicted molar refractivity (Wildman–Crippen MR) is 77.5 cm³/mol. The zero-order valence-electron chi connectivity index (χ0n) is 10.4. The Morgan fingerprint density at radius 3 is 2.74 bits per heavy atom. The summed E-state index contributed by atoms with van der Waals surface area (Å²) in [5.41, 5.74) is 7.14. The quantitative estimate of drug-likeness (QED) is 0.807. The maximum absolute atomic E-state index is 5.87. The Labute approximate surface area is 123 Å². The number of aromatic nitrogens is 4. The molecule has 2 N–H and O–H groups in total. The summed E-state index contributed by atoms with van der Waals surface area (Å²) >= 11 is 2.09. The molecule has 2 aromatic rings. The first-order chi connectivity index (χ1) is 9.15. The minimum atomic E-state index is 0.361. The molecule has 0 aliphatic heterocycles. The van der Waals surface area contributed by atoms with E-state index in [1.807, 2.05) is 0 Å². The number of nitrogens with two attached hydrogens (primary N) is 1. The number of halogens is 1. The number of methoxy groups -OCH3 is 2. The molecule has 19 heavy (non-hydrogen) atoms. The van der Waals surface area contributed by atoms with Crippen LogP contribution in [0.3, 0.4) is 0 Å². The molecule has 0 aliphatic rings. The zero-order valence-corrected chi connectivity index (χ0v) is 12.6. The second kappa shape index (κ2) is 6.06. The van der Waals surface area contributed by atoms with Crippen LogP contribution in [0.4, 0.5) is 5.82 Å². The van der Waals surface area contributed by atoms with E-state index in [9.17, 15) is 0 Å². The smallest absolute Gasteiger partial charge is 0.216 e. The fourth-order valence-corrected chi connectivity index (χ4v) is 1.83. The van der Waals surface area contributed by atoms with Gasteiger partial charge in [0.1, 0.15) is 17.8 Å². The van der Waals surface area contributed by atoms with Crippen molar-refractivity contribution in [2.45, 2.75) is 6.61 Å². The Bertz CT molecular complexity index is 593. The molecule has 0 amide bonds. The number of hydrogen-bond acceptors (Lipinski definition) is 7. The minimum Gasteiger partial charge on any atom is -0.481 e. The lowest BCUT2D eigenvalue weighted by atomic mass is 10.3. The van der Waals surface area contributed by atoms with Gasteiger partial charge in [0.15, 0.2) is 5.82 Å². The first-order valence-corrected chi connectivity index (χ1v) is 6.40. The molecule has 100 valence electrons. The van der Waals surface area contributed by atoms with E-state index >= 15 is 0 Å². The Hall–Kier alpha value is -1.55. The van der Waals surface area contributed by atoms with Crippen molar-refractivity contribution in [3.05, 3.63) is 21.7 Å². The maximum Gasteiger partial charge on any atom is 0.216 e. The van der Waals surface area contributed by atoms with Crippen LogP contribution < -0.4 is 10.5 Å². The van der Waals surface area contributed by atoms with Gasteiger partial charge >= 0.3 is 0 Å². The van der Waals surface area contributed by atoms with Crippen LogP contribution in [0.5, 0.6) is 5.88 Å². The Morgan fingerprint density at radius 1 is 1.26 bits per heavy atom. The van der Waals surface area contributed by atoms with Crippen molar-refractivity contribution in [3.8, 4) is 17.4 Å². The monoisotopic (exact) mass is 373 g/mol. The zero-order chi connectivity index (χ0) is 13.8. The summed E-state index contributed by atoms with van der Waals surface area (Å²) in [5, 5.41) is 0. The van der Waals surface area contributed by atoms with E-state index in [2.05, 4.69) is 42.5 Å². The van der Waals surface area contributed by atoms with Gasteiger partial charge in [-0.15, -0.1) is 0 Å². The van der Waals surface area contributed by atoms with Crippen molar-refractivity contribution in [1.82, 2.24) is 19.9 Å². The van der Waals surface area contributed by atoms with Gasteiger partial charge in [0, 0.05) is 13.2 Å². The van der Waals surface area contributed by atoms with E-state index in [1.165, 1.54) is 13.4 Å². The highest BCUT2D eigenvalue weighted by Crippen LogP contribution is 2.22. The van der Waals surface area contributed by atoms with Gasteiger partial charge in [-0.2, -0.15) is 0 Å². The standard InChI is InChI=1S/C11H12IN5O2/c1-18-4-7-9(12)10(13)17-11(16-7)6-3-8(19-2)15-5-14-6/h3,5H,4H2,1-2H3,(H2,13,16,17). The highest BCUT2D eigenvalue weighted by atomic mass is 127. The molecule has 2 heterocycles. The first-order valence-electron chi connectivity index (χ1n) is 5.33. The maximum atomic E-state index is 5.87.